The summed E-state index contributed by atoms with van der Waals surface area (Å²) in [6.07, 6.45) is 3.39. The molecule has 21 heavy (non-hydrogen) atoms. The third-order valence-electron chi connectivity index (χ3n) is 3.22. The van der Waals surface area contributed by atoms with Gasteiger partial charge >= 0.3 is 12.0 Å². The number of nitrogens with zero attached hydrogens (tertiary/aromatic N) is 1. The molecule has 0 aliphatic carbocycles. The number of hydrogen-bond donors (Lipinski definition) is 2. The molecular weight excluding hydrogens is 268 g/mol. The number of amides is 2. The van der Waals surface area contributed by atoms with Crippen molar-refractivity contribution in [3.8, 4) is 0 Å². The van der Waals surface area contributed by atoms with Crippen LogP contribution in [-0.4, -0.2) is 35.1 Å². The molecule has 0 aliphatic rings. The van der Waals surface area contributed by atoms with E-state index < -0.39 is 5.97 Å². The number of hydrogen-bond acceptors (Lipinski definition) is 2. The third kappa shape index (κ3) is 4.95. The highest BCUT2D eigenvalue weighted by atomic mass is 16.4. The first-order valence-electron chi connectivity index (χ1n) is 7.11. The van der Waals surface area contributed by atoms with Crippen molar-refractivity contribution in [3.05, 3.63) is 35.4 Å². The van der Waals surface area contributed by atoms with Gasteiger partial charge < -0.3 is 15.3 Å². The van der Waals surface area contributed by atoms with Crippen LogP contribution in [0.25, 0.3) is 6.08 Å². The zero-order valence-electron chi connectivity index (χ0n) is 12.7. The molecule has 2 N–H and O–H groups in total. The Morgan fingerprint density at radius 2 is 1.90 bits per heavy atom. The van der Waals surface area contributed by atoms with E-state index in [0.717, 1.165) is 29.3 Å². The largest absolute Gasteiger partial charge is 0.478 e. The van der Waals surface area contributed by atoms with Crippen LogP contribution in [0.15, 0.2) is 24.3 Å². The Balaban J connectivity index is 2.93. The van der Waals surface area contributed by atoms with E-state index in [9.17, 15) is 9.59 Å². The standard InChI is InChI=1S/C16H22N2O3/c1-4-13-11-12(8-10-15(19)20)7-9-14(13)17-16(21)18(5-2)6-3/h7-11H,4-6H2,1-3H3,(H,17,21)(H,19,20)/b10-8+. The van der Waals surface area contributed by atoms with E-state index in [1.807, 2.05) is 32.9 Å². The van der Waals surface area contributed by atoms with Crippen molar-refractivity contribution in [1.29, 1.82) is 0 Å². The second kappa shape index (κ2) is 8.09. The van der Waals surface area contributed by atoms with Gasteiger partial charge in [-0.2, -0.15) is 0 Å². The number of rotatable bonds is 6. The molecule has 0 aliphatic heterocycles. The first-order valence-corrected chi connectivity index (χ1v) is 7.11. The molecule has 0 fully saturated rings. The van der Waals surface area contributed by atoms with Crippen LogP contribution < -0.4 is 5.32 Å². The average molecular weight is 290 g/mol. The number of benzene rings is 1. The first kappa shape index (κ1) is 16.8. The molecule has 5 nitrogen and oxygen atoms in total. The zero-order valence-corrected chi connectivity index (χ0v) is 12.7. The highest BCUT2D eigenvalue weighted by Gasteiger charge is 2.11. The summed E-state index contributed by atoms with van der Waals surface area (Å²) in [5.41, 5.74) is 2.54. The van der Waals surface area contributed by atoms with Crippen molar-refractivity contribution in [2.45, 2.75) is 27.2 Å². The number of aliphatic carboxylic acids is 1. The number of carbonyl (C=O) groups excluding carboxylic acids is 1. The summed E-state index contributed by atoms with van der Waals surface area (Å²) in [5, 5.41) is 11.5. The lowest BCUT2D eigenvalue weighted by Gasteiger charge is -2.20. The summed E-state index contributed by atoms with van der Waals surface area (Å²) in [6, 6.07) is 5.36. The predicted molar refractivity (Wildman–Crippen MR) is 84.4 cm³/mol. The zero-order chi connectivity index (χ0) is 15.8. The highest BCUT2D eigenvalue weighted by molar-refractivity contribution is 5.90. The molecule has 1 aromatic carbocycles. The van der Waals surface area contributed by atoms with Gasteiger partial charge in [-0.15, -0.1) is 0 Å². The Labute approximate surface area is 125 Å². The van der Waals surface area contributed by atoms with Crippen molar-refractivity contribution in [1.82, 2.24) is 4.90 Å². The van der Waals surface area contributed by atoms with Crippen LogP contribution in [0, 0.1) is 0 Å². The van der Waals surface area contributed by atoms with Gasteiger partial charge in [-0.25, -0.2) is 9.59 Å². The number of carboxylic acids is 1. The second-order valence-electron chi connectivity index (χ2n) is 4.54. The molecule has 1 rings (SSSR count). The van der Waals surface area contributed by atoms with Crippen molar-refractivity contribution in [3.63, 3.8) is 0 Å². The van der Waals surface area contributed by atoms with Gasteiger partial charge in [0, 0.05) is 24.9 Å². The Morgan fingerprint density at radius 3 is 2.43 bits per heavy atom. The quantitative estimate of drug-likeness (QED) is 0.790. The summed E-state index contributed by atoms with van der Waals surface area (Å²) in [4.78, 5) is 24.3. The topological polar surface area (TPSA) is 69.6 Å². The number of carboxylic acid groups (broad SMARTS) is 1. The van der Waals surface area contributed by atoms with Gasteiger partial charge in [0.2, 0.25) is 0 Å². The maximum Gasteiger partial charge on any atom is 0.328 e. The Kier molecular flexibility index (Phi) is 6.46. The molecule has 5 heteroatoms. The van der Waals surface area contributed by atoms with Crippen LogP contribution in [-0.2, 0) is 11.2 Å². The molecule has 0 saturated carbocycles. The molecule has 2 amide bonds. The third-order valence-corrected chi connectivity index (χ3v) is 3.22. The van der Waals surface area contributed by atoms with Gasteiger partial charge in [-0.3, -0.25) is 0 Å². The fraction of sp³-hybridized carbons (Fsp3) is 0.375. The lowest BCUT2D eigenvalue weighted by atomic mass is 10.1. The van der Waals surface area contributed by atoms with Crippen molar-refractivity contribution < 1.29 is 14.7 Å². The average Bonchev–Trinajstić information content (AvgIpc) is 2.47. The molecule has 0 atom stereocenters. The Bertz CT molecular complexity index is 534. The molecule has 114 valence electrons. The van der Waals surface area contributed by atoms with Gasteiger partial charge in [0.25, 0.3) is 0 Å². The Morgan fingerprint density at radius 1 is 1.24 bits per heavy atom. The number of aryl methyl sites for hydroxylation is 1. The van der Waals surface area contributed by atoms with E-state index in [1.54, 1.807) is 11.0 Å². The van der Waals surface area contributed by atoms with Crippen molar-refractivity contribution in [2.24, 2.45) is 0 Å². The van der Waals surface area contributed by atoms with Gasteiger partial charge in [-0.1, -0.05) is 13.0 Å². The monoisotopic (exact) mass is 290 g/mol. The fourth-order valence-corrected chi connectivity index (χ4v) is 2.00. The van der Waals surface area contributed by atoms with E-state index in [1.165, 1.54) is 6.08 Å². The van der Waals surface area contributed by atoms with Crippen LogP contribution in [0.4, 0.5) is 10.5 Å². The molecule has 0 spiro atoms. The van der Waals surface area contributed by atoms with Crippen LogP contribution in [0.5, 0.6) is 0 Å². The maximum absolute atomic E-state index is 12.1. The SMILES string of the molecule is CCc1cc(/C=C/C(=O)O)ccc1NC(=O)N(CC)CC. The summed E-state index contributed by atoms with van der Waals surface area (Å²) < 4.78 is 0. The molecule has 0 heterocycles. The predicted octanol–water partition coefficient (Wildman–Crippen LogP) is 3.22. The molecule has 0 radical (unpaired) electrons. The van der Waals surface area contributed by atoms with E-state index in [0.29, 0.717) is 13.1 Å². The maximum atomic E-state index is 12.1. The van der Waals surface area contributed by atoms with E-state index in [-0.39, 0.29) is 6.03 Å². The summed E-state index contributed by atoms with van der Waals surface area (Å²) in [5.74, 6) is -0.980. The second-order valence-corrected chi connectivity index (χ2v) is 4.54. The number of nitrogens with one attached hydrogen (secondary N) is 1. The van der Waals surface area contributed by atoms with Crippen molar-refractivity contribution >= 4 is 23.8 Å². The van der Waals surface area contributed by atoms with Gasteiger partial charge in [0.05, 0.1) is 0 Å². The van der Waals surface area contributed by atoms with Crippen LogP contribution in [0.3, 0.4) is 0 Å². The normalized spacial score (nSPS) is 10.6. The smallest absolute Gasteiger partial charge is 0.328 e. The number of anilines is 1. The molecule has 0 bridgehead atoms. The summed E-state index contributed by atoms with van der Waals surface area (Å²) in [6.45, 7) is 7.17. The molecule has 0 unspecified atom stereocenters. The molecular formula is C16H22N2O3. The fourth-order valence-electron chi connectivity index (χ4n) is 2.00. The molecule has 0 aromatic heterocycles. The number of carbonyl (C=O) groups is 2. The minimum Gasteiger partial charge on any atom is -0.478 e. The first-order chi connectivity index (χ1) is 10.0. The number of urea groups is 1. The minimum absolute atomic E-state index is 0.122. The van der Waals surface area contributed by atoms with E-state index in [2.05, 4.69) is 5.32 Å². The van der Waals surface area contributed by atoms with Crippen molar-refractivity contribution in [2.75, 3.05) is 18.4 Å². The van der Waals surface area contributed by atoms with Gasteiger partial charge in [-0.05, 0) is 49.6 Å². The van der Waals surface area contributed by atoms with Crippen LogP contribution >= 0.6 is 0 Å². The van der Waals surface area contributed by atoms with Gasteiger partial charge in [0.15, 0.2) is 0 Å². The lowest BCUT2D eigenvalue weighted by molar-refractivity contribution is -0.131. The van der Waals surface area contributed by atoms with Crippen LogP contribution in [0.1, 0.15) is 31.9 Å². The highest BCUT2D eigenvalue weighted by Crippen LogP contribution is 2.19. The van der Waals surface area contributed by atoms with E-state index >= 15 is 0 Å². The Hall–Kier alpha value is -2.30. The van der Waals surface area contributed by atoms with E-state index in [4.69, 9.17) is 5.11 Å². The van der Waals surface area contributed by atoms with Crippen LogP contribution in [0.2, 0.25) is 0 Å². The molecule has 0 saturated heterocycles. The van der Waals surface area contributed by atoms with Gasteiger partial charge in [0.1, 0.15) is 0 Å². The minimum atomic E-state index is -0.980. The summed E-state index contributed by atoms with van der Waals surface area (Å²) >= 11 is 0. The molecule has 1 aromatic rings. The summed E-state index contributed by atoms with van der Waals surface area (Å²) in [7, 11) is 0. The lowest BCUT2D eigenvalue weighted by Crippen LogP contribution is -2.34.